The van der Waals surface area contributed by atoms with Crippen LogP contribution >= 0.6 is 0 Å². The summed E-state index contributed by atoms with van der Waals surface area (Å²) >= 11 is 0. The molecule has 15 fully saturated rings. The SMILES string of the molecule is C1CC23C1C1C4C5C6C7C8CC9CC%10C%11C%12C%13C%14C2C13C4%14C5%13C6%12C7%11C98%10. The Kier molecular flexibility index (Phi) is 0.621. The Morgan fingerprint density at radius 1 is 0.520 bits per heavy atom. The molecule has 15 saturated carbocycles. The molecule has 0 aromatic carbocycles. The van der Waals surface area contributed by atoms with Gasteiger partial charge in [-0.15, -0.1) is 0 Å². The summed E-state index contributed by atoms with van der Waals surface area (Å²) in [7, 11) is 0. The van der Waals surface area contributed by atoms with Crippen molar-refractivity contribution >= 4 is 0 Å². The lowest BCUT2D eigenvalue weighted by atomic mass is 8.74. The highest BCUT2D eigenvalue weighted by molar-refractivity contribution is 5.79. The van der Waals surface area contributed by atoms with Crippen molar-refractivity contribution in [3.05, 3.63) is 0 Å². The van der Waals surface area contributed by atoms with Crippen LogP contribution in [0.25, 0.3) is 0 Å². The zero-order valence-corrected chi connectivity index (χ0v) is 14.4. The predicted octanol–water partition coefficient (Wildman–Crippen LogP) is 3.28. The van der Waals surface area contributed by atoms with Gasteiger partial charge in [0.05, 0.1) is 0 Å². The molecule has 0 heterocycles. The Hall–Kier alpha value is 0. The minimum Gasteiger partial charge on any atom is -0.0490 e. The van der Waals surface area contributed by atoms with Crippen LogP contribution in [-0.2, 0) is 0 Å². The standard InChI is InChI=1S/C25H22/c1-2-19-6(1)9-12-15-13-10-7-3-5-4-8-11-14-16-17-18(19)25(9,19)24(12,17)23(15,16)22(13,14)21(10,11)20(5,7)8/h5-18H,1-4H2. The summed E-state index contributed by atoms with van der Waals surface area (Å²) in [6.45, 7) is 0. The van der Waals surface area contributed by atoms with Crippen molar-refractivity contribution < 1.29 is 0 Å². The molecule has 0 aromatic heterocycles. The van der Waals surface area contributed by atoms with Gasteiger partial charge < -0.3 is 0 Å². The first-order valence-corrected chi connectivity index (χ1v) is 12.4. The smallest absolute Gasteiger partial charge is 0.00932 e. The normalized spacial score (nSPS) is 118. The van der Waals surface area contributed by atoms with Gasteiger partial charge in [0.1, 0.15) is 0 Å². The molecule has 0 radical (unpaired) electrons. The van der Waals surface area contributed by atoms with Gasteiger partial charge >= 0.3 is 0 Å². The van der Waals surface area contributed by atoms with E-state index in [0.29, 0.717) is 0 Å². The Balaban J connectivity index is 1.11. The summed E-state index contributed by atoms with van der Waals surface area (Å²) in [5.74, 6) is 18.9. The summed E-state index contributed by atoms with van der Waals surface area (Å²) in [4.78, 5) is 0. The highest BCUT2D eigenvalue weighted by Gasteiger charge is 3.33. The van der Waals surface area contributed by atoms with Crippen LogP contribution in [0.4, 0.5) is 0 Å². The lowest BCUT2D eigenvalue weighted by Crippen LogP contribution is -3.26. The van der Waals surface area contributed by atoms with E-state index in [2.05, 4.69) is 0 Å². The first-order chi connectivity index (χ1) is 12.4. The van der Waals surface area contributed by atoms with Crippen molar-refractivity contribution in [2.24, 2.45) is 121 Å². The fourth-order valence-corrected chi connectivity index (χ4v) is 21.5. The molecule has 0 nitrogen and oxygen atoms in total. The maximum atomic E-state index is 1.73. The fourth-order valence-electron chi connectivity index (χ4n) is 21.5. The van der Waals surface area contributed by atoms with Crippen LogP contribution < -0.4 is 0 Å². The van der Waals surface area contributed by atoms with Crippen LogP contribution in [0.15, 0.2) is 0 Å². The van der Waals surface area contributed by atoms with E-state index < -0.39 is 0 Å². The molecule has 0 aliphatic heterocycles. The van der Waals surface area contributed by atoms with Gasteiger partial charge in [-0.25, -0.2) is 0 Å². The number of hydrogen-bond acceptors (Lipinski definition) is 0. The zero-order chi connectivity index (χ0) is 14.4. The molecule has 15 rings (SSSR count). The second kappa shape index (κ2) is 1.64. The van der Waals surface area contributed by atoms with Crippen LogP contribution in [0.3, 0.4) is 0 Å². The van der Waals surface area contributed by atoms with E-state index in [1.54, 1.807) is 25.7 Å². The maximum absolute atomic E-state index is 1.73. The summed E-state index contributed by atoms with van der Waals surface area (Å²) in [6, 6.07) is 0. The van der Waals surface area contributed by atoms with Gasteiger partial charge in [-0.1, -0.05) is 0 Å². The van der Waals surface area contributed by atoms with E-state index in [0.717, 1.165) is 37.9 Å². The number of fused-ring (bicyclic) bond motifs is 11. The van der Waals surface area contributed by atoms with Crippen molar-refractivity contribution in [2.75, 3.05) is 0 Å². The first kappa shape index (κ1) is 9.47. The molecule has 0 heteroatoms. The van der Waals surface area contributed by atoms with Gasteiger partial charge in [-0.05, 0) is 146 Å². The molecule has 0 bridgehead atoms. The summed E-state index contributed by atoms with van der Waals surface area (Å²) in [5.41, 5.74) is 7.66. The monoisotopic (exact) mass is 322 g/mol. The largest absolute Gasteiger partial charge is 0.0490 e. The molecular formula is C25H22. The Morgan fingerprint density at radius 2 is 1.12 bits per heavy atom. The molecule has 25 heavy (non-hydrogen) atoms. The van der Waals surface area contributed by atoms with Crippen molar-refractivity contribution in [1.82, 2.24) is 0 Å². The van der Waals surface area contributed by atoms with Crippen LogP contribution in [0.5, 0.6) is 0 Å². The lowest BCUT2D eigenvalue weighted by Gasteiger charge is -3.29. The summed E-state index contributed by atoms with van der Waals surface area (Å²) in [5, 5.41) is 0. The molecule has 0 N–H and O–H groups in total. The van der Waals surface area contributed by atoms with E-state index in [4.69, 9.17) is 0 Å². The molecular weight excluding hydrogens is 300 g/mol. The van der Waals surface area contributed by atoms with Crippen LogP contribution in [0.1, 0.15) is 25.7 Å². The molecule has 122 valence electrons. The van der Waals surface area contributed by atoms with Gasteiger partial charge in [0, 0.05) is 0 Å². The van der Waals surface area contributed by atoms with Gasteiger partial charge in [0.25, 0.3) is 0 Å². The first-order valence-electron chi connectivity index (χ1n) is 12.4. The molecule has 0 amide bonds. The van der Waals surface area contributed by atoms with Gasteiger partial charge in [-0.3, -0.25) is 0 Å². The van der Waals surface area contributed by atoms with E-state index >= 15 is 0 Å². The molecule has 21 atom stereocenters. The second-order valence-corrected chi connectivity index (χ2v) is 15.1. The summed E-state index contributed by atoms with van der Waals surface area (Å²) < 4.78 is 0. The Labute approximate surface area is 146 Å². The molecule has 0 saturated heterocycles. The van der Waals surface area contributed by atoms with Crippen molar-refractivity contribution in [1.29, 1.82) is 0 Å². The maximum Gasteiger partial charge on any atom is -0.00932 e. The van der Waals surface area contributed by atoms with Crippen molar-refractivity contribution in [3.8, 4) is 0 Å². The number of rotatable bonds is 0. The lowest BCUT2D eigenvalue weighted by molar-refractivity contribution is -0.833. The van der Waals surface area contributed by atoms with Crippen LogP contribution in [0.2, 0.25) is 0 Å². The zero-order valence-electron chi connectivity index (χ0n) is 14.4. The van der Waals surface area contributed by atoms with Crippen molar-refractivity contribution in [2.45, 2.75) is 25.7 Å². The summed E-state index contributed by atoms with van der Waals surface area (Å²) in [6.07, 6.45) is 6.88. The third kappa shape index (κ3) is 0.290. The van der Waals surface area contributed by atoms with Gasteiger partial charge in [0.15, 0.2) is 0 Å². The molecule has 21 unspecified atom stereocenters. The second-order valence-electron chi connectivity index (χ2n) is 15.1. The Bertz CT molecular complexity index is 1080. The minimum absolute atomic E-state index is 1.06. The fraction of sp³-hybridized carbons (Fsp3) is 1.00. The topological polar surface area (TPSA) is 0 Å². The van der Waals surface area contributed by atoms with Gasteiger partial charge in [0.2, 0.25) is 0 Å². The predicted molar refractivity (Wildman–Crippen MR) is 84.4 cm³/mol. The van der Waals surface area contributed by atoms with E-state index in [1.165, 1.54) is 82.9 Å². The Morgan fingerprint density at radius 3 is 1.80 bits per heavy atom. The highest BCUT2D eigenvalue weighted by atomic mass is 15.4. The third-order valence-corrected chi connectivity index (χ3v) is 18.8. The molecule has 15 aliphatic rings. The van der Waals surface area contributed by atoms with Crippen LogP contribution in [-0.4, -0.2) is 0 Å². The van der Waals surface area contributed by atoms with Crippen molar-refractivity contribution in [3.63, 3.8) is 0 Å². The van der Waals surface area contributed by atoms with Crippen LogP contribution in [0, 0.1) is 121 Å². The molecule has 0 aromatic rings. The minimum atomic E-state index is 1.06. The molecule has 7 spiro atoms. The van der Waals surface area contributed by atoms with Gasteiger partial charge in [-0.2, -0.15) is 0 Å². The average Bonchev–Trinajstić information content (AvgIpc) is 3.08. The van der Waals surface area contributed by atoms with E-state index in [1.807, 2.05) is 0 Å². The highest BCUT2D eigenvalue weighted by Crippen LogP contribution is 3.35. The molecule has 15 aliphatic carbocycles. The van der Waals surface area contributed by atoms with E-state index in [9.17, 15) is 0 Å². The average molecular weight is 322 g/mol. The number of hydrogen-bond donors (Lipinski definition) is 0. The quantitative estimate of drug-likeness (QED) is 0.642. The van der Waals surface area contributed by atoms with E-state index in [-0.39, 0.29) is 0 Å². The third-order valence-electron chi connectivity index (χ3n) is 18.8.